The van der Waals surface area contributed by atoms with Crippen molar-refractivity contribution in [3.8, 4) is 0 Å². The molecule has 35 heavy (non-hydrogen) atoms. The molecule has 0 bridgehead atoms. The first-order valence-electron chi connectivity index (χ1n) is 11.3. The van der Waals surface area contributed by atoms with Crippen LogP contribution in [0.4, 0.5) is 11.4 Å². The lowest BCUT2D eigenvalue weighted by molar-refractivity contribution is -0.122. The average molecular weight is 538 g/mol. The van der Waals surface area contributed by atoms with Gasteiger partial charge in [-0.25, -0.2) is 13.3 Å². The van der Waals surface area contributed by atoms with Crippen LogP contribution in [0.3, 0.4) is 0 Å². The van der Waals surface area contributed by atoms with E-state index in [0.29, 0.717) is 24.2 Å². The molecule has 1 saturated heterocycles. The molecular weight excluding hydrogens is 513 g/mol. The van der Waals surface area contributed by atoms with Gasteiger partial charge in [-0.3, -0.25) is 14.4 Å². The van der Waals surface area contributed by atoms with Crippen LogP contribution in [-0.4, -0.2) is 42.5 Å². The maximum absolute atomic E-state index is 13.9. The number of rotatable bonds is 6. The second-order valence-electron chi connectivity index (χ2n) is 8.72. The third kappa shape index (κ3) is 5.23. The Balaban J connectivity index is 1.71. The van der Waals surface area contributed by atoms with Gasteiger partial charge in [-0.15, -0.1) is 0 Å². The average Bonchev–Trinajstić information content (AvgIpc) is 3.09. The van der Waals surface area contributed by atoms with Crippen LogP contribution in [0.5, 0.6) is 0 Å². The second-order valence-corrected chi connectivity index (χ2v) is 11.4. The number of hydrogen-bond acceptors (Lipinski definition) is 5. The molecule has 1 saturated carbocycles. The number of nitrogens with one attached hydrogen (secondary N) is 1. The minimum Gasteiger partial charge on any atom is -0.326 e. The summed E-state index contributed by atoms with van der Waals surface area (Å²) in [5.74, 6) is -1.37. The van der Waals surface area contributed by atoms with Gasteiger partial charge in [-0.1, -0.05) is 42.5 Å². The molecule has 0 spiro atoms. The zero-order valence-corrected chi connectivity index (χ0v) is 21.4. The lowest BCUT2D eigenvalue weighted by atomic mass is 9.94. The fourth-order valence-corrected chi connectivity index (χ4v) is 7.29. The Morgan fingerprint density at radius 1 is 1.03 bits per heavy atom. The number of anilines is 2. The Bertz CT molecular complexity index is 1260. The summed E-state index contributed by atoms with van der Waals surface area (Å²) in [6.07, 6.45) is 3.51. The van der Waals surface area contributed by atoms with Gasteiger partial charge in [0.25, 0.3) is 5.91 Å². The highest BCUT2D eigenvalue weighted by Gasteiger charge is 2.49. The van der Waals surface area contributed by atoms with Crippen LogP contribution in [0.1, 0.15) is 45.4 Å². The number of carbonyl (C=O) groups is 3. The maximum Gasteiger partial charge on any atom is 0.252 e. The van der Waals surface area contributed by atoms with Gasteiger partial charge >= 0.3 is 0 Å². The number of carbonyl (C=O) groups excluding carboxylic acids is 3. The maximum atomic E-state index is 13.9. The molecular formula is C24H25Cl2N3O5S. The van der Waals surface area contributed by atoms with Crippen molar-refractivity contribution in [2.24, 2.45) is 0 Å². The number of halogens is 2. The van der Waals surface area contributed by atoms with Crippen molar-refractivity contribution >= 4 is 62.3 Å². The molecule has 2 aliphatic rings. The molecule has 0 aromatic heterocycles. The first-order valence-corrected chi connectivity index (χ1v) is 13.5. The van der Waals surface area contributed by atoms with E-state index in [-0.39, 0.29) is 27.3 Å². The number of hydrogen-bond donors (Lipinski definition) is 1. The summed E-state index contributed by atoms with van der Waals surface area (Å²) in [4.78, 5) is 38.7. The number of nitrogens with zero attached hydrogens (tertiary/aromatic N) is 2. The van der Waals surface area contributed by atoms with Crippen LogP contribution in [0.15, 0.2) is 47.4 Å². The van der Waals surface area contributed by atoms with Gasteiger partial charge in [0.05, 0.1) is 17.1 Å². The molecule has 1 aliphatic heterocycles. The molecule has 1 heterocycles. The topological polar surface area (TPSA) is 104 Å². The summed E-state index contributed by atoms with van der Waals surface area (Å²) in [7, 11) is -4.25. The van der Waals surface area contributed by atoms with E-state index >= 15 is 0 Å². The van der Waals surface area contributed by atoms with Crippen LogP contribution < -0.4 is 10.2 Å². The van der Waals surface area contributed by atoms with Crippen LogP contribution in [-0.2, 0) is 24.4 Å². The summed E-state index contributed by atoms with van der Waals surface area (Å²) in [5, 5.41) is 2.82. The molecule has 2 aromatic rings. The molecule has 4 rings (SSSR count). The largest absolute Gasteiger partial charge is 0.326 e. The van der Waals surface area contributed by atoms with Crippen molar-refractivity contribution in [1.29, 1.82) is 0 Å². The van der Waals surface area contributed by atoms with Crippen LogP contribution >= 0.6 is 23.2 Å². The Morgan fingerprint density at radius 3 is 2.31 bits per heavy atom. The van der Waals surface area contributed by atoms with Gasteiger partial charge in [0.1, 0.15) is 10.9 Å². The Morgan fingerprint density at radius 2 is 1.69 bits per heavy atom. The summed E-state index contributed by atoms with van der Waals surface area (Å²) >= 11 is 12.3. The standard InChI is InChI=1S/C24H25Cl2N3O5S/c1-15(30)27-17-8-10-18(11-9-17)28-23(31)14-21(24(28)32)29(19-5-3-2-4-6-19)35(33,34)22-13-16(25)7-12-20(22)26/h7-13,19,21H,2-6,14H2,1H3,(H,27,30). The highest BCUT2D eigenvalue weighted by Crippen LogP contribution is 2.37. The van der Waals surface area contributed by atoms with Crippen molar-refractivity contribution in [2.75, 3.05) is 10.2 Å². The summed E-state index contributed by atoms with van der Waals surface area (Å²) < 4.78 is 29.0. The molecule has 2 fully saturated rings. The first-order chi connectivity index (χ1) is 16.6. The Kier molecular flexibility index (Phi) is 7.51. The number of sulfonamides is 1. The first kappa shape index (κ1) is 25.6. The van der Waals surface area contributed by atoms with Crippen molar-refractivity contribution < 1.29 is 22.8 Å². The smallest absolute Gasteiger partial charge is 0.252 e. The van der Waals surface area contributed by atoms with Gasteiger partial charge < -0.3 is 5.32 Å². The summed E-state index contributed by atoms with van der Waals surface area (Å²) in [6, 6.07) is 8.76. The highest BCUT2D eigenvalue weighted by atomic mass is 35.5. The molecule has 1 N–H and O–H groups in total. The Labute approximate surface area is 214 Å². The third-order valence-electron chi connectivity index (χ3n) is 6.26. The monoisotopic (exact) mass is 537 g/mol. The fourth-order valence-electron chi connectivity index (χ4n) is 4.73. The number of amides is 3. The molecule has 186 valence electrons. The van der Waals surface area contributed by atoms with E-state index in [1.165, 1.54) is 41.6 Å². The normalized spacial score (nSPS) is 19.4. The Hall–Kier alpha value is -2.46. The molecule has 2 aromatic carbocycles. The van der Waals surface area contributed by atoms with Gasteiger partial charge in [0.2, 0.25) is 21.8 Å². The fraction of sp³-hybridized carbons (Fsp3) is 0.375. The second kappa shape index (κ2) is 10.3. The van der Waals surface area contributed by atoms with Crippen LogP contribution in [0.25, 0.3) is 0 Å². The quantitative estimate of drug-likeness (QED) is 0.542. The SMILES string of the molecule is CC(=O)Nc1ccc(N2C(=O)CC(N(C3CCCCC3)S(=O)(=O)c3cc(Cl)ccc3Cl)C2=O)cc1. The van der Waals surface area contributed by atoms with Crippen LogP contribution in [0.2, 0.25) is 10.0 Å². The van der Waals surface area contributed by atoms with Gasteiger partial charge in [-0.2, -0.15) is 4.31 Å². The predicted octanol–water partition coefficient (Wildman–Crippen LogP) is 4.61. The van der Waals surface area contributed by atoms with E-state index in [1.807, 2.05) is 0 Å². The molecule has 8 nitrogen and oxygen atoms in total. The zero-order chi connectivity index (χ0) is 25.3. The van der Waals surface area contributed by atoms with E-state index in [2.05, 4.69) is 5.32 Å². The van der Waals surface area contributed by atoms with E-state index in [4.69, 9.17) is 23.2 Å². The zero-order valence-electron chi connectivity index (χ0n) is 19.0. The lowest BCUT2D eigenvalue weighted by Gasteiger charge is -2.36. The van der Waals surface area contributed by atoms with Crippen LogP contribution in [0, 0.1) is 0 Å². The molecule has 1 unspecified atom stereocenters. The molecule has 1 aliphatic carbocycles. The number of benzene rings is 2. The van der Waals surface area contributed by atoms with Gasteiger partial charge in [0.15, 0.2) is 0 Å². The lowest BCUT2D eigenvalue weighted by Crippen LogP contribution is -2.51. The van der Waals surface area contributed by atoms with Gasteiger partial charge in [-0.05, 0) is 55.3 Å². The van der Waals surface area contributed by atoms with E-state index in [0.717, 1.165) is 24.2 Å². The van der Waals surface area contributed by atoms with E-state index in [9.17, 15) is 22.8 Å². The minimum absolute atomic E-state index is 0.00241. The molecule has 0 radical (unpaired) electrons. The van der Waals surface area contributed by atoms with Gasteiger partial charge in [0, 0.05) is 23.7 Å². The van der Waals surface area contributed by atoms with Crippen molar-refractivity contribution in [1.82, 2.24) is 4.31 Å². The number of imide groups is 1. The van der Waals surface area contributed by atoms with E-state index in [1.54, 1.807) is 12.1 Å². The predicted molar refractivity (Wildman–Crippen MR) is 134 cm³/mol. The summed E-state index contributed by atoms with van der Waals surface area (Å²) in [5.41, 5.74) is 0.817. The highest BCUT2D eigenvalue weighted by molar-refractivity contribution is 7.89. The van der Waals surface area contributed by atoms with E-state index < -0.39 is 33.9 Å². The minimum atomic E-state index is -4.25. The molecule has 11 heteroatoms. The molecule has 1 atom stereocenters. The third-order valence-corrected chi connectivity index (χ3v) is 8.94. The van der Waals surface area contributed by atoms with Crippen molar-refractivity contribution in [3.05, 3.63) is 52.5 Å². The summed E-state index contributed by atoms with van der Waals surface area (Å²) in [6.45, 7) is 1.37. The van der Waals surface area contributed by atoms with Crippen molar-refractivity contribution in [3.63, 3.8) is 0 Å². The van der Waals surface area contributed by atoms with Crippen molar-refractivity contribution in [2.45, 2.75) is 62.4 Å². The molecule has 3 amide bonds.